The maximum absolute atomic E-state index is 12.6. The molecule has 0 heterocycles. The van der Waals surface area contributed by atoms with Gasteiger partial charge in [-0.15, -0.1) is 0 Å². The van der Waals surface area contributed by atoms with E-state index in [1.807, 2.05) is 18.2 Å². The summed E-state index contributed by atoms with van der Waals surface area (Å²) < 4.78 is 11.4. The van der Waals surface area contributed by atoms with Crippen LogP contribution in [0.5, 0.6) is 0 Å². The average Bonchev–Trinajstić information content (AvgIpc) is 2.72. The number of fused-ring (bicyclic) bond motifs is 1. The largest absolute Gasteiger partial charge is 0.444 e. The Kier molecular flexibility index (Phi) is 5.47. The number of ether oxygens (including phenoxy) is 2. The van der Waals surface area contributed by atoms with E-state index in [0.717, 1.165) is 10.0 Å². The zero-order chi connectivity index (χ0) is 17.2. The molecule has 0 aliphatic heterocycles. The maximum Gasteiger partial charge on any atom is 0.407 e. The Balaban J connectivity index is 2.13. The molecule has 0 saturated heterocycles. The molecule has 5 nitrogen and oxygen atoms in total. The molecule has 126 valence electrons. The third-order valence-corrected chi connectivity index (χ3v) is 4.14. The lowest BCUT2D eigenvalue weighted by molar-refractivity contribution is 0.0432. The van der Waals surface area contributed by atoms with Crippen molar-refractivity contribution < 1.29 is 19.1 Å². The number of rotatable bonds is 4. The van der Waals surface area contributed by atoms with Crippen molar-refractivity contribution in [2.75, 3.05) is 13.7 Å². The molecule has 1 aromatic carbocycles. The van der Waals surface area contributed by atoms with Crippen LogP contribution in [0.4, 0.5) is 4.79 Å². The normalized spacial score (nSPS) is 18.5. The Bertz CT molecular complexity index is 609. The fraction of sp³-hybridized carbons (Fsp3) is 0.529. The molecule has 2 unspecified atom stereocenters. The standard InChI is InChI=1S/C17H22BrNO4/c1-17(2,3)23-16(21)19-14(9-22-4)13-8-10-7-11(18)5-6-12(10)15(13)20/h5-7,13-14H,8-9H2,1-4H3,(H,19,21). The van der Waals surface area contributed by atoms with Crippen LogP contribution in [-0.2, 0) is 15.9 Å². The van der Waals surface area contributed by atoms with E-state index >= 15 is 0 Å². The lowest BCUT2D eigenvalue weighted by atomic mass is 9.96. The van der Waals surface area contributed by atoms with E-state index in [9.17, 15) is 9.59 Å². The van der Waals surface area contributed by atoms with Crippen molar-refractivity contribution in [3.8, 4) is 0 Å². The van der Waals surface area contributed by atoms with Gasteiger partial charge in [-0.25, -0.2) is 4.79 Å². The SMILES string of the molecule is COCC(NC(=O)OC(C)(C)C)C1Cc2cc(Br)ccc2C1=O. The van der Waals surface area contributed by atoms with E-state index in [2.05, 4.69) is 21.2 Å². The summed E-state index contributed by atoms with van der Waals surface area (Å²) in [7, 11) is 1.55. The zero-order valence-electron chi connectivity index (χ0n) is 13.8. The van der Waals surface area contributed by atoms with Gasteiger partial charge in [0.2, 0.25) is 0 Å². The molecule has 1 aliphatic carbocycles. The summed E-state index contributed by atoms with van der Waals surface area (Å²) in [4.78, 5) is 24.7. The number of ketones is 1. The monoisotopic (exact) mass is 383 g/mol. The van der Waals surface area contributed by atoms with Crippen LogP contribution < -0.4 is 5.32 Å². The molecule has 1 amide bonds. The molecule has 2 atom stereocenters. The number of carbonyl (C=O) groups is 2. The first-order valence-electron chi connectivity index (χ1n) is 7.52. The lowest BCUT2D eigenvalue weighted by Crippen LogP contribution is -2.47. The minimum Gasteiger partial charge on any atom is -0.444 e. The molecule has 0 radical (unpaired) electrons. The molecule has 23 heavy (non-hydrogen) atoms. The van der Waals surface area contributed by atoms with Gasteiger partial charge in [-0.1, -0.05) is 22.0 Å². The second kappa shape index (κ2) is 7.01. The minimum atomic E-state index is -0.588. The zero-order valence-corrected chi connectivity index (χ0v) is 15.4. The number of alkyl carbamates (subject to hydrolysis) is 1. The highest BCUT2D eigenvalue weighted by Crippen LogP contribution is 2.31. The van der Waals surface area contributed by atoms with Gasteiger partial charge in [-0.05, 0) is 44.9 Å². The molecule has 1 aromatic rings. The van der Waals surface area contributed by atoms with Gasteiger partial charge in [0.05, 0.1) is 12.6 Å². The summed E-state index contributed by atoms with van der Waals surface area (Å²) in [6, 6.07) is 5.20. The first kappa shape index (κ1) is 17.9. The predicted octanol–water partition coefficient (Wildman–Crippen LogP) is 3.34. The van der Waals surface area contributed by atoms with Crippen molar-refractivity contribution in [1.29, 1.82) is 0 Å². The van der Waals surface area contributed by atoms with E-state index < -0.39 is 17.7 Å². The summed E-state index contributed by atoms with van der Waals surface area (Å²) in [6.45, 7) is 5.65. The number of halogens is 1. The van der Waals surface area contributed by atoms with Crippen LogP contribution >= 0.6 is 15.9 Å². The summed E-state index contributed by atoms with van der Waals surface area (Å²) in [5.74, 6) is -0.308. The Morgan fingerprint density at radius 3 is 2.74 bits per heavy atom. The quantitative estimate of drug-likeness (QED) is 0.865. The van der Waals surface area contributed by atoms with Gasteiger partial charge < -0.3 is 14.8 Å². The van der Waals surface area contributed by atoms with Gasteiger partial charge in [-0.3, -0.25) is 4.79 Å². The van der Waals surface area contributed by atoms with Gasteiger partial charge >= 0.3 is 6.09 Å². The van der Waals surface area contributed by atoms with Crippen LogP contribution in [0.1, 0.15) is 36.7 Å². The second-order valence-electron chi connectivity index (χ2n) is 6.68. The fourth-order valence-electron chi connectivity index (χ4n) is 2.72. The Labute approximate surface area is 144 Å². The number of hydrogen-bond acceptors (Lipinski definition) is 4. The van der Waals surface area contributed by atoms with Gasteiger partial charge in [0.1, 0.15) is 5.60 Å². The van der Waals surface area contributed by atoms with Crippen LogP contribution in [0.2, 0.25) is 0 Å². The Morgan fingerprint density at radius 2 is 2.13 bits per heavy atom. The molecule has 1 N–H and O–H groups in total. The number of Topliss-reactive ketones (excluding diaryl/α,β-unsaturated/α-hetero) is 1. The van der Waals surface area contributed by atoms with Crippen LogP contribution in [0.25, 0.3) is 0 Å². The molecule has 2 rings (SSSR count). The van der Waals surface area contributed by atoms with E-state index in [0.29, 0.717) is 12.0 Å². The van der Waals surface area contributed by atoms with Crippen LogP contribution in [0, 0.1) is 5.92 Å². The topological polar surface area (TPSA) is 64.6 Å². The number of hydrogen-bond donors (Lipinski definition) is 1. The van der Waals surface area contributed by atoms with Crippen molar-refractivity contribution in [3.05, 3.63) is 33.8 Å². The molecule has 6 heteroatoms. The molecule has 0 fully saturated rings. The molecule has 0 aromatic heterocycles. The van der Waals surface area contributed by atoms with E-state index in [1.165, 1.54) is 0 Å². The second-order valence-corrected chi connectivity index (χ2v) is 7.60. The molecular weight excluding hydrogens is 362 g/mol. The average molecular weight is 384 g/mol. The molecule has 1 aliphatic rings. The third kappa shape index (κ3) is 4.54. The number of nitrogens with one attached hydrogen (secondary N) is 1. The molecule has 0 bridgehead atoms. The smallest absolute Gasteiger partial charge is 0.407 e. The van der Waals surface area contributed by atoms with Gasteiger partial charge in [0.25, 0.3) is 0 Å². The van der Waals surface area contributed by atoms with E-state index in [-0.39, 0.29) is 18.3 Å². The third-order valence-electron chi connectivity index (χ3n) is 3.64. The Hall–Kier alpha value is -1.40. The number of amides is 1. The van der Waals surface area contributed by atoms with Crippen LogP contribution in [-0.4, -0.2) is 37.2 Å². The highest BCUT2D eigenvalue weighted by atomic mass is 79.9. The Morgan fingerprint density at radius 1 is 1.43 bits per heavy atom. The molecule has 0 saturated carbocycles. The van der Waals surface area contributed by atoms with Crippen molar-refractivity contribution in [3.63, 3.8) is 0 Å². The van der Waals surface area contributed by atoms with Gasteiger partial charge in [-0.2, -0.15) is 0 Å². The molecular formula is C17H22BrNO4. The van der Waals surface area contributed by atoms with Crippen LogP contribution in [0.15, 0.2) is 22.7 Å². The summed E-state index contributed by atoms with van der Waals surface area (Å²) in [6.07, 6.45) is 0.0433. The first-order chi connectivity index (χ1) is 10.7. The summed E-state index contributed by atoms with van der Waals surface area (Å²) in [5.41, 5.74) is 1.11. The van der Waals surface area contributed by atoms with Gasteiger partial charge in [0.15, 0.2) is 5.78 Å². The highest BCUT2D eigenvalue weighted by molar-refractivity contribution is 9.10. The van der Waals surface area contributed by atoms with Crippen molar-refractivity contribution in [2.45, 2.75) is 38.8 Å². The van der Waals surface area contributed by atoms with Crippen molar-refractivity contribution >= 4 is 27.8 Å². The number of benzene rings is 1. The van der Waals surface area contributed by atoms with E-state index in [1.54, 1.807) is 27.9 Å². The van der Waals surface area contributed by atoms with Crippen LogP contribution in [0.3, 0.4) is 0 Å². The predicted molar refractivity (Wildman–Crippen MR) is 90.7 cm³/mol. The van der Waals surface area contributed by atoms with Crippen molar-refractivity contribution in [1.82, 2.24) is 5.32 Å². The lowest BCUT2D eigenvalue weighted by Gasteiger charge is -2.26. The van der Waals surface area contributed by atoms with Crippen molar-refractivity contribution in [2.24, 2.45) is 5.92 Å². The number of methoxy groups -OCH3 is 1. The van der Waals surface area contributed by atoms with E-state index in [4.69, 9.17) is 9.47 Å². The fourth-order valence-corrected chi connectivity index (χ4v) is 3.13. The molecule has 0 spiro atoms. The summed E-state index contributed by atoms with van der Waals surface area (Å²) >= 11 is 3.42. The number of carbonyl (C=O) groups excluding carboxylic acids is 2. The highest BCUT2D eigenvalue weighted by Gasteiger charge is 2.37. The minimum absolute atomic E-state index is 0.0330. The van der Waals surface area contributed by atoms with Gasteiger partial charge in [0, 0.05) is 23.1 Å². The summed E-state index contributed by atoms with van der Waals surface area (Å²) in [5, 5.41) is 2.78. The maximum atomic E-state index is 12.6. The first-order valence-corrected chi connectivity index (χ1v) is 8.31.